The van der Waals surface area contributed by atoms with Gasteiger partial charge in [-0.15, -0.1) is 0 Å². The van der Waals surface area contributed by atoms with E-state index < -0.39 is 10.0 Å². The van der Waals surface area contributed by atoms with Gasteiger partial charge in [0.05, 0.1) is 18.1 Å². The maximum absolute atomic E-state index is 12.3. The molecule has 0 amide bonds. The summed E-state index contributed by atoms with van der Waals surface area (Å²) in [5, 5.41) is 2.99. The molecule has 0 atom stereocenters. The second kappa shape index (κ2) is 7.03. The Kier molecular flexibility index (Phi) is 5.34. The molecule has 2 aromatic rings. The Morgan fingerprint density at radius 3 is 2.48 bits per heavy atom. The van der Waals surface area contributed by atoms with Crippen LogP contribution < -0.4 is 10.0 Å². The van der Waals surface area contributed by atoms with Gasteiger partial charge in [0.2, 0.25) is 5.95 Å². The molecule has 1 aromatic heterocycles. The van der Waals surface area contributed by atoms with Gasteiger partial charge in [-0.1, -0.05) is 19.1 Å². The highest BCUT2D eigenvalue weighted by atomic mass is 127. The van der Waals surface area contributed by atoms with Gasteiger partial charge in [0.1, 0.15) is 4.90 Å². The fourth-order valence-electron chi connectivity index (χ4n) is 1.53. The van der Waals surface area contributed by atoms with E-state index in [2.05, 4.69) is 42.6 Å². The molecule has 0 spiro atoms. The molecule has 8 heteroatoms. The molecule has 0 aliphatic rings. The van der Waals surface area contributed by atoms with Gasteiger partial charge in [-0.3, -0.25) is 4.72 Å². The Morgan fingerprint density at radius 2 is 1.86 bits per heavy atom. The van der Waals surface area contributed by atoms with E-state index in [0.717, 1.165) is 16.5 Å². The highest BCUT2D eigenvalue weighted by molar-refractivity contribution is 14.1. The maximum Gasteiger partial charge on any atom is 0.265 e. The smallest absolute Gasteiger partial charge is 0.265 e. The Bertz CT molecular complexity index is 704. The first-order valence-electron chi connectivity index (χ1n) is 6.36. The molecule has 0 aliphatic carbocycles. The maximum atomic E-state index is 12.3. The largest absolute Gasteiger partial charge is 0.354 e. The Balaban J connectivity index is 2.18. The van der Waals surface area contributed by atoms with Crippen LogP contribution in [0.5, 0.6) is 0 Å². The van der Waals surface area contributed by atoms with E-state index in [4.69, 9.17) is 0 Å². The SMILES string of the molecule is CCCNc1ncc(S(=O)(=O)Nc2ccccc2I)cn1. The first kappa shape index (κ1) is 16.0. The van der Waals surface area contributed by atoms with E-state index in [1.807, 2.05) is 19.1 Å². The van der Waals surface area contributed by atoms with Crippen molar-refractivity contribution in [3.05, 3.63) is 40.2 Å². The topological polar surface area (TPSA) is 84.0 Å². The normalized spacial score (nSPS) is 11.1. The summed E-state index contributed by atoms with van der Waals surface area (Å²) in [6.45, 7) is 2.77. The number of nitrogens with one attached hydrogen (secondary N) is 2. The third-order valence-electron chi connectivity index (χ3n) is 2.59. The van der Waals surface area contributed by atoms with Gasteiger partial charge >= 0.3 is 0 Å². The first-order chi connectivity index (χ1) is 10.0. The molecule has 0 saturated carbocycles. The quantitative estimate of drug-likeness (QED) is 0.705. The van der Waals surface area contributed by atoms with E-state index in [0.29, 0.717) is 11.6 Å². The zero-order valence-corrected chi connectivity index (χ0v) is 14.3. The number of benzene rings is 1. The molecular formula is C13H15IN4O2S. The molecule has 2 rings (SSSR count). The summed E-state index contributed by atoms with van der Waals surface area (Å²) >= 11 is 2.07. The summed E-state index contributed by atoms with van der Waals surface area (Å²) in [4.78, 5) is 8.04. The monoisotopic (exact) mass is 418 g/mol. The van der Waals surface area contributed by atoms with Crippen molar-refractivity contribution in [3.63, 3.8) is 0 Å². The predicted molar refractivity (Wildman–Crippen MR) is 90.8 cm³/mol. The summed E-state index contributed by atoms with van der Waals surface area (Å²) < 4.78 is 27.9. The summed E-state index contributed by atoms with van der Waals surface area (Å²) in [7, 11) is -3.68. The van der Waals surface area contributed by atoms with Gasteiger partial charge in [0, 0.05) is 10.1 Å². The van der Waals surface area contributed by atoms with Crippen LogP contribution >= 0.6 is 22.6 Å². The molecule has 21 heavy (non-hydrogen) atoms. The lowest BCUT2D eigenvalue weighted by molar-refractivity contribution is 0.600. The fraction of sp³-hybridized carbons (Fsp3) is 0.231. The van der Waals surface area contributed by atoms with E-state index in [-0.39, 0.29) is 4.90 Å². The molecular weight excluding hydrogens is 403 g/mol. The van der Waals surface area contributed by atoms with Crippen LogP contribution in [0.25, 0.3) is 0 Å². The average molecular weight is 418 g/mol. The first-order valence-corrected chi connectivity index (χ1v) is 8.92. The van der Waals surface area contributed by atoms with Gasteiger partial charge in [-0.2, -0.15) is 0 Å². The minimum atomic E-state index is -3.68. The molecule has 1 aromatic carbocycles. The number of sulfonamides is 1. The molecule has 1 heterocycles. The van der Waals surface area contributed by atoms with Crippen molar-refractivity contribution in [1.82, 2.24) is 9.97 Å². The number of rotatable bonds is 6. The van der Waals surface area contributed by atoms with Gasteiger partial charge in [0.25, 0.3) is 10.0 Å². The second-order valence-electron chi connectivity index (χ2n) is 4.25. The van der Waals surface area contributed by atoms with Crippen LogP contribution in [0.1, 0.15) is 13.3 Å². The average Bonchev–Trinajstić information content (AvgIpc) is 2.48. The molecule has 112 valence electrons. The number of halogens is 1. The van der Waals surface area contributed by atoms with Crippen molar-refractivity contribution in [3.8, 4) is 0 Å². The molecule has 0 aliphatic heterocycles. The summed E-state index contributed by atoms with van der Waals surface area (Å²) in [5.74, 6) is 0.421. The predicted octanol–water partition coefficient (Wildman–Crippen LogP) is 2.70. The molecule has 0 bridgehead atoms. The second-order valence-corrected chi connectivity index (χ2v) is 7.10. The lowest BCUT2D eigenvalue weighted by atomic mass is 10.3. The van der Waals surface area contributed by atoms with E-state index >= 15 is 0 Å². The minimum absolute atomic E-state index is 0.0317. The van der Waals surface area contributed by atoms with Gasteiger partial charge < -0.3 is 5.32 Å². The van der Waals surface area contributed by atoms with Crippen LogP contribution in [0.2, 0.25) is 0 Å². The Labute approximate surface area is 137 Å². The zero-order valence-electron chi connectivity index (χ0n) is 11.4. The Morgan fingerprint density at radius 1 is 1.19 bits per heavy atom. The Hall–Kier alpha value is -1.42. The van der Waals surface area contributed by atoms with E-state index in [1.54, 1.807) is 12.1 Å². The van der Waals surface area contributed by atoms with E-state index in [1.165, 1.54) is 12.4 Å². The van der Waals surface area contributed by atoms with Crippen molar-refractivity contribution < 1.29 is 8.42 Å². The van der Waals surface area contributed by atoms with Crippen molar-refractivity contribution in [2.75, 3.05) is 16.6 Å². The number of hydrogen-bond acceptors (Lipinski definition) is 5. The van der Waals surface area contributed by atoms with Gasteiger partial charge in [-0.05, 0) is 41.1 Å². The number of hydrogen-bond donors (Lipinski definition) is 2. The van der Waals surface area contributed by atoms with Crippen molar-refractivity contribution in [2.24, 2.45) is 0 Å². The zero-order chi connectivity index (χ0) is 15.3. The molecule has 0 fully saturated rings. The fourth-order valence-corrected chi connectivity index (χ4v) is 3.20. The van der Waals surface area contributed by atoms with Crippen molar-refractivity contribution in [1.29, 1.82) is 0 Å². The number of anilines is 2. The lowest BCUT2D eigenvalue weighted by Crippen LogP contribution is -2.15. The highest BCUT2D eigenvalue weighted by Gasteiger charge is 2.16. The van der Waals surface area contributed by atoms with Crippen LogP contribution in [0.3, 0.4) is 0 Å². The van der Waals surface area contributed by atoms with Crippen LogP contribution in [-0.2, 0) is 10.0 Å². The molecule has 0 unspecified atom stereocenters. The van der Waals surface area contributed by atoms with Crippen LogP contribution in [-0.4, -0.2) is 24.9 Å². The van der Waals surface area contributed by atoms with Gasteiger partial charge in [-0.25, -0.2) is 18.4 Å². The highest BCUT2D eigenvalue weighted by Crippen LogP contribution is 2.20. The van der Waals surface area contributed by atoms with Crippen molar-refractivity contribution >= 4 is 44.2 Å². The number of para-hydroxylation sites is 1. The third kappa shape index (κ3) is 4.27. The van der Waals surface area contributed by atoms with Crippen LogP contribution in [0.4, 0.5) is 11.6 Å². The van der Waals surface area contributed by atoms with Crippen molar-refractivity contribution in [2.45, 2.75) is 18.2 Å². The minimum Gasteiger partial charge on any atom is -0.354 e. The summed E-state index contributed by atoms with van der Waals surface area (Å²) in [6.07, 6.45) is 3.53. The number of nitrogens with zero attached hydrogens (tertiary/aromatic N) is 2. The number of aromatic nitrogens is 2. The third-order valence-corrected chi connectivity index (χ3v) is 4.85. The molecule has 6 nitrogen and oxygen atoms in total. The molecule has 0 saturated heterocycles. The van der Waals surface area contributed by atoms with E-state index in [9.17, 15) is 8.42 Å². The molecule has 2 N–H and O–H groups in total. The van der Waals surface area contributed by atoms with Crippen LogP contribution in [0, 0.1) is 3.57 Å². The van der Waals surface area contributed by atoms with Crippen LogP contribution in [0.15, 0.2) is 41.6 Å². The van der Waals surface area contributed by atoms with Gasteiger partial charge in [0.15, 0.2) is 0 Å². The summed E-state index contributed by atoms with van der Waals surface area (Å²) in [5.41, 5.74) is 0.534. The standard InChI is InChI=1S/C13H15IN4O2S/c1-2-7-15-13-16-8-10(9-17-13)21(19,20)18-12-6-4-3-5-11(12)14/h3-6,8-9,18H,2,7H2,1H3,(H,15,16,17). The molecule has 0 radical (unpaired) electrons. The lowest BCUT2D eigenvalue weighted by Gasteiger charge is -2.09. The summed E-state index contributed by atoms with van der Waals surface area (Å²) in [6, 6.07) is 7.15.